The summed E-state index contributed by atoms with van der Waals surface area (Å²) < 4.78 is 0. The molecule has 2 unspecified atom stereocenters. The first-order valence-corrected chi connectivity index (χ1v) is 5.26. The predicted octanol–water partition coefficient (Wildman–Crippen LogP) is 2.44. The Bertz CT molecular complexity index is 164. The van der Waals surface area contributed by atoms with Gasteiger partial charge in [0.2, 0.25) is 0 Å². The molecule has 2 saturated carbocycles. The molecule has 0 aromatic rings. The third-order valence-electron chi connectivity index (χ3n) is 3.64. The number of hydrogen-bond acceptors (Lipinski definition) is 1. The summed E-state index contributed by atoms with van der Waals surface area (Å²) in [4.78, 5) is 0. The normalized spacial score (nSPS) is 45.0. The van der Waals surface area contributed by atoms with Crippen LogP contribution in [-0.2, 0) is 0 Å². The van der Waals surface area contributed by atoms with E-state index in [1.54, 1.807) is 0 Å². The third kappa shape index (κ3) is 1.39. The lowest BCUT2D eigenvalue weighted by molar-refractivity contribution is 0.0938. The van der Waals surface area contributed by atoms with Crippen molar-refractivity contribution in [2.75, 3.05) is 6.61 Å². The zero-order valence-corrected chi connectivity index (χ0v) is 8.21. The van der Waals surface area contributed by atoms with Crippen LogP contribution in [0.4, 0.5) is 0 Å². The summed E-state index contributed by atoms with van der Waals surface area (Å²) in [6, 6.07) is 0. The average molecular weight is 168 g/mol. The molecule has 2 aliphatic rings. The molecular formula is C11H20O. The molecule has 2 atom stereocenters. The molecule has 1 N–H and O–H groups in total. The van der Waals surface area contributed by atoms with Crippen LogP contribution in [0.2, 0.25) is 0 Å². The molecule has 2 aliphatic carbocycles. The Kier molecular flexibility index (Phi) is 1.95. The smallest absolute Gasteiger partial charge is 0.0487 e. The van der Waals surface area contributed by atoms with E-state index in [-0.39, 0.29) is 0 Å². The molecule has 1 heteroatoms. The fraction of sp³-hybridized carbons (Fsp3) is 1.00. The highest BCUT2D eigenvalue weighted by atomic mass is 16.3. The Morgan fingerprint density at radius 3 is 2.33 bits per heavy atom. The van der Waals surface area contributed by atoms with Crippen LogP contribution in [0.3, 0.4) is 0 Å². The zero-order chi connectivity index (χ0) is 8.77. The first-order valence-electron chi connectivity index (χ1n) is 5.26. The van der Waals surface area contributed by atoms with Crippen LogP contribution in [0, 0.1) is 23.2 Å². The first kappa shape index (κ1) is 8.55. The van der Waals surface area contributed by atoms with Gasteiger partial charge < -0.3 is 5.11 Å². The van der Waals surface area contributed by atoms with Crippen molar-refractivity contribution in [2.24, 2.45) is 23.2 Å². The number of aliphatic hydroxyl groups is 1. The largest absolute Gasteiger partial charge is 0.396 e. The van der Waals surface area contributed by atoms with Gasteiger partial charge in [0.25, 0.3) is 0 Å². The molecule has 0 spiro atoms. The number of hydrogen-bond donors (Lipinski definition) is 1. The molecule has 0 radical (unpaired) electrons. The van der Waals surface area contributed by atoms with Crippen LogP contribution in [0.5, 0.6) is 0 Å². The van der Waals surface area contributed by atoms with Crippen molar-refractivity contribution >= 4 is 0 Å². The standard InChI is InChI=1S/C11H20O/c1-8(2)4-11(7-12)5-9-3-10(9)6-11/h8-10,12H,3-7H2,1-2H3. The van der Waals surface area contributed by atoms with Crippen LogP contribution in [0.15, 0.2) is 0 Å². The van der Waals surface area contributed by atoms with Crippen LogP contribution >= 0.6 is 0 Å². The second-order valence-corrected chi connectivity index (χ2v) is 5.42. The van der Waals surface area contributed by atoms with E-state index in [9.17, 15) is 5.11 Å². The molecule has 1 nitrogen and oxygen atoms in total. The van der Waals surface area contributed by atoms with Crippen molar-refractivity contribution in [3.63, 3.8) is 0 Å². The summed E-state index contributed by atoms with van der Waals surface area (Å²) in [5.74, 6) is 2.74. The highest BCUT2D eigenvalue weighted by Gasteiger charge is 2.53. The van der Waals surface area contributed by atoms with E-state index in [4.69, 9.17) is 0 Å². The average Bonchev–Trinajstić information content (AvgIpc) is 2.59. The Morgan fingerprint density at radius 2 is 1.92 bits per heavy atom. The summed E-state index contributed by atoms with van der Waals surface area (Å²) >= 11 is 0. The molecule has 0 aromatic heterocycles. The lowest BCUT2D eigenvalue weighted by Crippen LogP contribution is -2.25. The van der Waals surface area contributed by atoms with Gasteiger partial charge in [-0.1, -0.05) is 13.8 Å². The number of aliphatic hydroxyl groups excluding tert-OH is 1. The minimum absolute atomic E-state index is 0.335. The van der Waals surface area contributed by atoms with Crippen LogP contribution in [0.1, 0.15) is 39.5 Å². The van der Waals surface area contributed by atoms with Crippen molar-refractivity contribution < 1.29 is 5.11 Å². The second-order valence-electron chi connectivity index (χ2n) is 5.42. The molecule has 0 heterocycles. The summed E-state index contributed by atoms with van der Waals surface area (Å²) in [6.45, 7) is 4.96. The minimum atomic E-state index is 0.335. The van der Waals surface area contributed by atoms with E-state index >= 15 is 0 Å². The molecule has 70 valence electrons. The Hall–Kier alpha value is -0.0400. The monoisotopic (exact) mass is 168 g/mol. The van der Waals surface area contributed by atoms with Gasteiger partial charge in [-0.05, 0) is 48.9 Å². The van der Waals surface area contributed by atoms with Gasteiger partial charge in [0, 0.05) is 6.61 Å². The Balaban J connectivity index is 1.96. The molecule has 0 aromatic carbocycles. The van der Waals surface area contributed by atoms with Gasteiger partial charge in [0.05, 0.1) is 0 Å². The second kappa shape index (κ2) is 2.73. The van der Waals surface area contributed by atoms with Gasteiger partial charge in [0.15, 0.2) is 0 Å². The fourth-order valence-electron chi connectivity index (χ4n) is 3.23. The maximum Gasteiger partial charge on any atom is 0.0487 e. The summed E-state index contributed by atoms with van der Waals surface area (Å²) in [5, 5.41) is 9.40. The minimum Gasteiger partial charge on any atom is -0.396 e. The van der Waals surface area contributed by atoms with Crippen LogP contribution in [0.25, 0.3) is 0 Å². The topological polar surface area (TPSA) is 20.2 Å². The lowest BCUT2D eigenvalue weighted by atomic mass is 9.77. The SMILES string of the molecule is CC(C)CC1(CO)CC2CC2C1. The van der Waals surface area contributed by atoms with E-state index in [0.717, 1.165) is 17.8 Å². The van der Waals surface area contributed by atoms with E-state index < -0.39 is 0 Å². The quantitative estimate of drug-likeness (QED) is 0.686. The van der Waals surface area contributed by atoms with Crippen LogP contribution in [-0.4, -0.2) is 11.7 Å². The van der Waals surface area contributed by atoms with Crippen molar-refractivity contribution in [3.05, 3.63) is 0 Å². The van der Waals surface area contributed by atoms with E-state index in [1.165, 1.54) is 25.7 Å². The molecule has 0 bridgehead atoms. The molecule has 0 saturated heterocycles. The third-order valence-corrected chi connectivity index (χ3v) is 3.64. The van der Waals surface area contributed by atoms with Crippen molar-refractivity contribution in [1.82, 2.24) is 0 Å². The van der Waals surface area contributed by atoms with E-state index in [0.29, 0.717) is 12.0 Å². The highest BCUT2D eigenvalue weighted by molar-refractivity contribution is 5.03. The van der Waals surface area contributed by atoms with Crippen molar-refractivity contribution in [1.29, 1.82) is 0 Å². The maximum absolute atomic E-state index is 9.40. The predicted molar refractivity (Wildman–Crippen MR) is 49.8 cm³/mol. The fourth-order valence-corrected chi connectivity index (χ4v) is 3.23. The van der Waals surface area contributed by atoms with E-state index in [1.807, 2.05) is 0 Å². The van der Waals surface area contributed by atoms with Crippen LogP contribution < -0.4 is 0 Å². The molecular weight excluding hydrogens is 148 g/mol. The van der Waals surface area contributed by atoms with Gasteiger partial charge in [0.1, 0.15) is 0 Å². The van der Waals surface area contributed by atoms with Gasteiger partial charge in [-0.15, -0.1) is 0 Å². The maximum atomic E-state index is 9.40. The van der Waals surface area contributed by atoms with Crippen molar-refractivity contribution in [2.45, 2.75) is 39.5 Å². The van der Waals surface area contributed by atoms with Gasteiger partial charge >= 0.3 is 0 Å². The number of rotatable bonds is 3. The van der Waals surface area contributed by atoms with E-state index in [2.05, 4.69) is 13.8 Å². The summed E-state index contributed by atoms with van der Waals surface area (Å²) in [7, 11) is 0. The molecule has 12 heavy (non-hydrogen) atoms. The summed E-state index contributed by atoms with van der Waals surface area (Å²) in [6.07, 6.45) is 5.31. The van der Waals surface area contributed by atoms with Gasteiger partial charge in [-0.3, -0.25) is 0 Å². The van der Waals surface area contributed by atoms with Gasteiger partial charge in [-0.25, -0.2) is 0 Å². The Morgan fingerprint density at radius 1 is 1.33 bits per heavy atom. The lowest BCUT2D eigenvalue weighted by Gasteiger charge is -2.30. The number of fused-ring (bicyclic) bond motifs is 1. The molecule has 0 amide bonds. The first-order chi connectivity index (χ1) is 5.65. The zero-order valence-electron chi connectivity index (χ0n) is 8.21. The van der Waals surface area contributed by atoms with Crippen molar-refractivity contribution in [3.8, 4) is 0 Å². The summed E-state index contributed by atoms with van der Waals surface area (Å²) in [5.41, 5.74) is 0.335. The Labute approximate surface area is 75.2 Å². The highest BCUT2D eigenvalue weighted by Crippen LogP contribution is 2.61. The molecule has 0 aliphatic heterocycles. The van der Waals surface area contributed by atoms with Gasteiger partial charge in [-0.2, -0.15) is 0 Å². The molecule has 2 rings (SSSR count). The molecule has 2 fully saturated rings.